The molecule has 0 aromatic carbocycles. The summed E-state index contributed by atoms with van der Waals surface area (Å²) in [6.07, 6.45) is 1.98. The van der Waals surface area contributed by atoms with E-state index in [4.69, 9.17) is 4.74 Å². The van der Waals surface area contributed by atoms with Crippen molar-refractivity contribution in [2.24, 2.45) is 0 Å². The van der Waals surface area contributed by atoms with Gasteiger partial charge < -0.3 is 10.1 Å². The first-order valence-corrected chi connectivity index (χ1v) is 6.98. The maximum atomic E-state index is 11.2. The van der Waals surface area contributed by atoms with Crippen molar-refractivity contribution in [1.82, 2.24) is 5.32 Å². The van der Waals surface area contributed by atoms with Crippen LogP contribution in [0.25, 0.3) is 0 Å². The molecule has 0 atom stereocenters. The molecule has 1 heterocycles. The van der Waals surface area contributed by atoms with Crippen LogP contribution in [0.15, 0.2) is 0 Å². The number of sulfone groups is 1. The molecular formula is C9H19NO3S. The molecule has 0 aromatic rings. The van der Waals surface area contributed by atoms with E-state index in [1.807, 2.05) is 0 Å². The fraction of sp³-hybridized carbons (Fsp3) is 1.00. The molecule has 1 saturated heterocycles. The summed E-state index contributed by atoms with van der Waals surface area (Å²) in [5.41, 5.74) is 0. The lowest BCUT2D eigenvalue weighted by Gasteiger charge is -2.23. The zero-order valence-electron chi connectivity index (χ0n) is 8.66. The Hall–Kier alpha value is -0.130. The normalized spacial score (nSPS) is 19.8. The summed E-state index contributed by atoms with van der Waals surface area (Å²) in [5, 5.41) is 3.25. The summed E-state index contributed by atoms with van der Waals surface area (Å²) < 4.78 is 27.6. The fourth-order valence-electron chi connectivity index (χ4n) is 1.46. The molecule has 1 aliphatic heterocycles. The highest BCUT2D eigenvalue weighted by Gasteiger charge is 2.14. The van der Waals surface area contributed by atoms with E-state index in [1.54, 1.807) is 6.92 Å². The minimum absolute atomic E-state index is 0.239. The molecule has 84 valence electrons. The molecule has 0 aromatic heterocycles. The summed E-state index contributed by atoms with van der Waals surface area (Å²) in [5.74, 6) is 0.489. The quantitative estimate of drug-likeness (QED) is 0.720. The third-order valence-electron chi connectivity index (χ3n) is 2.51. The van der Waals surface area contributed by atoms with Crippen molar-refractivity contribution in [3.63, 3.8) is 0 Å². The van der Waals surface area contributed by atoms with Crippen molar-refractivity contribution >= 4 is 9.84 Å². The van der Waals surface area contributed by atoms with E-state index >= 15 is 0 Å². The van der Waals surface area contributed by atoms with E-state index in [9.17, 15) is 8.42 Å². The lowest BCUT2D eigenvalue weighted by atomic mass is 10.1. The molecule has 0 unspecified atom stereocenters. The van der Waals surface area contributed by atoms with Crippen LogP contribution in [0.4, 0.5) is 0 Å². The van der Waals surface area contributed by atoms with Crippen molar-refractivity contribution in [3.8, 4) is 0 Å². The van der Waals surface area contributed by atoms with Gasteiger partial charge in [-0.25, -0.2) is 8.42 Å². The van der Waals surface area contributed by atoms with E-state index in [2.05, 4.69) is 5.32 Å². The first kappa shape index (κ1) is 11.9. The largest absolute Gasteiger partial charge is 0.381 e. The van der Waals surface area contributed by atoms with E-state index < -0.39 is 9.84 Å². The summed E-state index contributed by atoms with van der Waals surface area (Å²) in [6, 6.07) is 0.441. The lowest BCUT2D eigenvalue weighted by Crippen LogP contribution is -2.37. The van der Waals surface area contributed by atoms with Crippen LogP contribution in [0.1, 0.15) is 19.8 Å². The van der Waals surface area contributed by atoms with Crippen LogP contribution in [0, 0.1) is 0 Å². The van der Waals surface area contributed by atoms with Gasteiger partial charge in [-0.1, -0.05) is 6.92 Å². The van der Waals surface area contributed by atoms with Gasteiger partial charge in [0, 0.05) is 31.6 Å². The van der Waals surface area contributed by atoms with Crippen molar-refractivity contribution in [2.75, 3.05) is 31.3 Å². The molecule has 14 heavy (non-hydrogen) atoms. The maximum absolute atomic E-state index is 11.2. The van der Waals surface area contributed by atoms with E-state index in [0.29, 0.717) is 12.6 Å². The van der Waals surface area contributed by atoms with Gasteiger partial charge >= 0.3 is 0 Å². The minimum atomic E-state index is -2.81. The highest BCUT2D eigenvalue weighted by molar-refractivity contribution is 7.91. The Kier molecular flexibility index (Phi) is 4.84. The standard InChI is InChI=1S/C9H19NO3S/c1-2-14(11,12)8-5-10-9-3-6-13-7-4-9/h9-10H,2-8H2,1H3. The van der Waals surface area contributed by atoms with Gasteiger partial charge in [0.15, 0.2) is 9.84 Å². The highest BCUT2D eigenvalue weighted by atomic mass is 32.2. The van der Waals surface area contributed by atoms with Gasteiger partial charge in [0.1, 0.15) is 0 Å². The van der Waals surface area contributed by atoms with Gasteiger partial charge in [-0.15, -0.1) is 0 Å². The average Bonchev–Trinajstić information content (AvgIpc) is 2.19. The first-order chi connectivity index (χ1) is 6.64. The maximum Gasteiger partial charge on any atom is 0.151 e. The Morgan fingerprint density at radius 2 is 2.00 bits per heavy atom. The van der Waals surface area contributed by atoms with Crippen LogP contribution in [0.3, 0.4) is 0 Å². The molecular weight excluding hydrogens is 202 g/mol. The van der Waals surface area contributed by atoms with Crippen LogP contribution in [-0.2, 0) is 14.6 Å². The predicted octanol–water partition coefficient (Wildman–Crippen LogP) is 0.190. The lowest BCUT2D eigenvalue weighted by molar-refractivity contribution is 0.0785. The Morgan fingerprint density at radius 1 is 1.36 bits per heavy atom. The number of hydrogen-bond acceptors (Lipinski definition) is 4. The summed E-state index contributed by atoms with van der Waals surface area (Å²) >= 11 is 0. The number of ether oxygens (including phenoxy) is 1. The van der Waals surface area contributed by atoms with Gasteiger partial charge in [-0.05, 0) is 12.8 Å². The highest BCUT2D eigenvalue weighted by Crippen LogP contribution is 2.05. The SMILES string of the molecule is CCS(=O)(=O)CCNC1CCOCC1. The van der Waals surface area contributed by atoms with Crippen LogP contribution >= 0.6 is 0 Å². The third kappa shape index (κ3) is 4.39. The summed E-state index contributed by atoms with van der Waals surface area (Å²) in [6.45, 7) is 3.83. The Morgan fingerprint density at radius 3 is 2.57 bits per heavy atom. The van der Waals surface area contributed by atoms with E-state index in [-0.39, 0.29) is 11.5 Å². The fourth-order valence-corrected chi connectivity index (χ4v) is 2.18. The van der Waals surface area contributed by atoms with Crippen molar-refractivity contribution < 1.29 is 13.2 Å². The third-order valence-corrected chi connectivity index (χ3v) is 4.21. The van der Waals surface area contributed by atoms with Crippen molar-refractivity contribution in [3.05, 3.63) is 0 Å². The summed E-state index contributed by atoms with van der Waals surface area (Å²) in [4.78, 5) is 0. The zero-order valence-corrected chi connectivity index (χ0v) is 9.48. The zero-order chi connectivity index (χ0) is 10.4. The topological polar surface area (TPSA) is 55.4 Å². The van der Waals surface area contributed by atoms with Gasteiger partial charge in [0.2, 0.25) is 0 Å². The Labute approximate surface area is 85.9 Å². The predicted molar refractivity (Wildman–Crippen MR) is 56.2 cm³/mol. The van der Waals surface area contributed by atoms with Crippen LogP contribution in [0.5, 0.6) is 0 Å². The second-order valence-electron chi connectivity index (χ2n) is 3.58. The van der Waals surface area contributed by atoms with Crippen LogP contribution < -0.4 is 5.32 Å². The van der Waals surface area contributed by atoms with Crippen molar-refractivity contribution in [1.29, 1.82) is 0 Å². The molecule has 0 spiro atoms. The van der Waals surface area contributed by atoms with E-state index in [0.717, 1.165) is 26.1 Å². The van der Waals surface area contributed by atoms with Gasteiger partial charge in [-0.3, -0.25) is 0 Å². The molecule has 4 nitrogen and oxygen atoms in total. The molecule has 0 amide bonds. The number of nitrogens with one attached hydrogen (secondary N) is 1. The molecule has 0 aliphatic carbocycles. The minimum Gasteiger partial charge on any atom is -0.381 e. The number of hydrogen-bond donors (Lipinski definition) is 1. The first-order valence-electron chi connectivity index (χ1n) is 5.15. The molecule has 0 bridgehead atoms. The Bertz CT molecular complexity index is 245. The van der Waals surface area contributed by atoms with Crippen molar-refractivity contribution in [2.45, 2.75) is 25.8 Å². The molecule has 1 fully saturated rings. The molecule has 1 rings (SSSR count). The monoisotopic (exact) mass is 221 g/mol. The smallest absolute Gasteiger partial charge is 0.151 e. The number of rotatable bonds is 5. The van der Waals surface area contributed by atoms with Crippen LogP contribution in [-0.4, -0.2) is 45.7 Å². The van der Waals surface area contributed by atoms with Gasteiger partial charge in [-0.2, -0.15) is 0 Å². The second-order valence-corrected chi connectivity index (χ2v) is 6.05. The summed E-state index contributed by atoms with van der Waals surface area (Å²) in [7, 11) is -2.81. The van der Waals surface area contributed by atoms with Gasteiger partial charge in [0.25, 0.3) is 0 Å². The second kappa shape index (κ2) is 5.68. The molecule has 1 aliphatic rings. The molecule has 5 heteroatoms. The Balaban J connectivity index is 2.14. The van der Waals surface area contributed by atoms with E-state index in [1.165, 1.54) is 0 Å². The van der Waals surface area contributed by atoms with Crippen LogP contribution in [0.2, 0.25) is 0 Å². The molecule has 1 N–H and O–H groups in total. The molecule has 0 radical (unpaired) electrons. The molecule has 0 saturated carbocycles. The average molecular weight is 221 g/mol. The van der Waals surface area contributed by atoms with Gasteiger partial charge in [0.05, 0.1) is 5.75 Å².